The normalized spacial score (nSPS) is 15.6. The smallest absolute Gasteiger partial charge is 0.240 e. The Kier molecular flexibility index (Phi) is 8.87. The molecule has 152 valence electrons. The lowest BCUT2D eigenvalue weighted by molar-refractivity contribution is -0.119. The predicted molar refractivity (Wildman–Crippen MR) is 116 cm³/mol. The van der Waals surface area contributed by atoms with Crippen molar-refractivity contribution in [3.05, 3.63) is 27.2 Å². The van der Waals surface area contributed by atoms with E-state index in [2.05, 4.69) is 5.32 Å². The average molecular weight is 474 g/mol. The van der Waals surface area contributed by atoms with E-state index in [1.165, 1.54) is 44.2 Å². The minimum atomic E-state index is -3.73. The summed E-state index contributed by atoms with van der Waals surface area (Å²) in [5.74, 6) is 0.412. The quantitative estimate of drug-likeness (QED) is 0.443. The van der Waals surface area contributed by atoms with Crippen molar-refractivity contribution in [2.45, 2.75) is 37.4 Å². The van der Waals surface area contributed by atoms with Crippen LogP contribution in [-0.4, -0.2) is 44.7 Å². The number of hydrogen-bond donors (Lipinski definition) is 1. The molecule has 0 aromatic heterocycles. The third-order valence-electron chi connectivity index (χ3n) is 4.28. The van der Waals surface area contributed by atoms with Crippen molar-refractivity contribution in [1.29, 1.82) is 0 Å². The van der Waals surface area contributed by atoms with E-state index in [-0.39, 0.29) is 27.3 Å². The second-order valence-electron chi connectivity index (χ2n) is 6.47. The molecule has 0 saturated heterocycles. The zero-order valence-electron chi connectivity index (χ0n) is 15.0. The monoisotopic (exact) mass is 472 g/mol. The first kappa shape index (κ1) is 22.9. The highest BCUT2D eigenvalue weighted by Crippen LogP contribution is 2.35. The molecule has 1 amide bonds. The first-order valence-electron chi connectivity index (χ1n) is 8.69. The number of halogens is 3. The summed E-state index contributed by atoms with van der Waals surface area (Å²) in [5.41, 5.74) is 0.125. The fourth-order valence-corrected chi connectivity index (χ4v) is 5.69. The number of rotatable bonds is 8. The lowest BCUT2D eigenvalue weighted by atomic mass is 10.0. The third kappa shape index (κ3) is 7.20. The third-order valence-corrected chi connectivity index (χ3v) is 7.81. The van der Waals surface area contributed by atoms with Crippen LogP contribution in [-0.2, 0) is 14.8 Å². The molecule has 27 heavy (non-hydrogen) atoms. The Bertz CT molecular complexity index is 769. The first-order chi connectivity index (χ1) is 12.7. The van der Waals surface area contributed by atoms with E-state index in [1.54, 1.807) is 0 Å². The average Bonchev–Trinajstić information content (AvgIpc) is 2.60. The predicted octanol–water partition coefficient (Wildman–Crippen LogP) is 4.59. The molecule has 5 nitrogen and oxygen atoms in total. The molecule has 1 aliphatic carbocycles. The summed E-state index contributed by atoms with van der Waals surface area (Å²) in [6.07, 6.45) is 7.34. The Hall–Kier alpha value is -0.340. The molecule has 0 radical (unpaired) electrons. The molecule has 0 unspecified atom stereocenters. The number of carbonyl (C=O) groups is 1. The lowest BCUT2D eigenvalue weighted by Crippen LogP contribution is -2.41. The second kappa shape index (κ2) is 10.4. The highest BCUT2D eigenvalue weighted by Gasteiger charge is 2.24. The van der Waals surface area contributed by atoms with Crippen molar-refractivity contribution in [3.8, 4) is 0 Å². The highest BCUT2D eigenvalue weighted by molar-refractivity contribution is 7.99. The molecule has 0 bridgehead atoms. The van der Waals surface area contributed by atoms with Gasteiger partial charge in [-0.15, -0.1) is 0 Å². The molecule has 2 rings (SSSR count). The van der Waals surface area contributed by atoms with E-state index in [9.17, 15) is 13.2 Å². The maximum Gasteiger partial charge on any atom is 0.240 e. The fraction of sp³-hybridized carbons (Fsp3) is 0.588. The Morgan fingerprint density at radius 1 is 1.15 bits per heavy atom. The molecule has 0 spiro atoms. The maximum atomic E-state index is 12.3. The molecule has 10 heteroatoms. The van der Waals surface area contributed by atoms with Crippen molar-refractivity contribution in [3.63, 3.8) is 0 Å². The van der Waals surface area contributed by atoms with Gasteiger partial charge in [-0.25, -0.2) is 8.42 Å². The van der Waals surface area contributed by atoms with Crippen LogP contribution in [0.4, 0.5) is 5.69 Å². The van der Waals surface area contributed by atoms with E-state index in [1.807, 2.05) is 11.8 Å². The maximum absolute atomic E-state index is 12.3. The SMILES string of the molecule is CS(=O)(=O)N(CC(=O)NCCSC1CCCCC1)c1cc(Cl)c(Cl)cc1Cl. The Morgan fingerprint density at radius 2 is 1.78 bits per heavy atom. The molecule has 0 aliphatic heterocycles. The van der Waals surface area contributed by atoms with Crippen LogP contribution in [0.1, 0.15) is 32.1 Å². The van der Waals surface area contributed by atoms with Gasteiger partial charge in [0.15, 0.2) is 0 Å². The largest absolute Gasteiger partial charge is 0.354 e. The van der Waals surface area contributed by atoms with Crippen LogP contribution in [0.3, 0.4) is 0 Å². The first-order valence-corrected chi connectivity index (χ1v) is 12.7. The van der Waals surface area contributed by atoms with Gasteiger partial charge in [0.1, 0.15) is 6.54 Å². The number of hydrogen-bond acceptors (Lipinski definition) is 4. The number of benzene rings is 1. The Morgan fingerprint density at radius 3 is 2.41 bits per heavy atom. The van der Waals surface area contributed by atoms with Crippen LogP contribution in [0.5, 0.6) is 0 Å². The number of thioether (sulfide) groups is 1. The van der Waals surface area contributed by atoms with Gasteiger partial charge in [-0.2, -0.15) is 11.8 Å². The molecular formula is C17H23Cl3N2O3S2. The summed E-state index contributed by atoms with van der Waals surface area (Å²) < 4.78 is 25.3. The van der Waals surface area contributed by atoms with Gasteiger partial charge in [0.05, 0.1) is 27.0 Å². The molecule has 1 fully saturated rings. The Labute approximate surface area is 180 Å². The van der Waals surface area contributed by atoms with E-state index >= 15 is 0 Å². The molecule has 1 aliphatic rings. The number of nitrogens with zero attached hydrogens (tertiary/aromatic N) is 1. The van der Waals surface area contributed by atoms with Crippen LogP contribution in [0.25, 0.3) is 0 Å². The summed E-state index contributed by atoms with van der Waals surface area (Å²) in [6.45, 7) is 0.122. The van der Waals surface area contributed by atoms with Crippen molar-refractivity contribution in [2.24, 2.45) is 0 Å². The van der Waals surface area contributed by atoms with Crippen LogP contribution in [0.15, 0.2) is 12.1 Å². The van der Waals surface area contributed by atoms with Gasteiger partial charge >= 0.3 is 0 Å². The minimum Gasteiger partial charge on any atom is -0.354 e. The summed E-state index contributed by atoms with van der Waals surface area (Å²) >= 11 is 19.9. The molecule has 0 atom stereocenters. The standard InChI is InChI=1S/C17H23Cl3N2O3S2/c1-27(24,25)22(16-10-14(19)13(18)9-15(16)20)11-17(23)21-7-8-26-12-5-3-2-4-6-12/h9-10,12H,2-8,11H2,1H3,(H,21,23). The van der Waals surface area contributed by atoms with Crippen LogP contribution >= 0.6 is 46.6 Å². The van der Waals surface area contributed by atoms with E-state index < -0.39 is 15.9 Å². The number of anilines is 1. The van der Waals surface area contributed by atoms with Crippen molar-refractivity contribution >= 4 is 68.2 Å². The zero-order valence-corrected chi connectivity index (χ0v) is 18.9. The second-order valence-corrected chi connectivity index (χ2v) is 11.0. The van der Waals surface area contributed by atoms with Crippen molar-refractivity contribution in [1.82, 2.24) is 5.32 Å². The van der Waals surface area contributed by atoms with Gasteiger partial charge in [-0.3, -0.25) is 9.10 Å². The van der Waals surface area contributed by atoms with Crippen LogP contribution in [0, 0.1) is 0 Å². The summed E-state index contributed by atoms with van der Waals surface area (Å²) in [5, 5.41) is 3.92. The van der Waals surface area contributed by atoms with Gasteiger partial charge in [0, 0.05) is 17.5 Å². The lowest BCUT2D eigenvalue weighted by Gasteiger charge is -2.24. The van der Waals surface area contributed by atoms with Crippen LogP contribution in [0.2, 0.25) is 15.1 Å². The summed E-state index contributed by atoms with van der Waals surface area (Å²) in [7, 11) is -3.73. The number of amides is 1. The molecular weight excluding hydrogens is 451 g/mol. The van der Waals surface area contributed by atoms with Gasteiger partial charge in [-0.1, -0.05) is 54.1 Å². The molecule has 1 aromatic rings. The number of nitrogens with one attached hydrogen (secondary N) is 1. The molecule has 1 saturated carbocycles. The van der Waals surface area contributed by atoms with Gasteiger partial charge in [0.25, 0.3) is 0 Å². The number of sulfonamides is 1. The molecule has 0 heterocycles. The minimum absolute atomic E-state index is 0.107. The van der Waals surface area contributed by atoms with Crippen molar-refractivity contribution < 1.29 is 13.2 Å². The Balaban J connectivity index is 1.94. The van der Waals surface area contributed by atoms with Crippen molar-refractivity contribution in [2.75, 3.05) is 29.4 Å². The van der Waals surface area contributed by atoms with E-state index in [4.69, 9.17) is 34.8 Å². The van der Waals surface area contributed by atoms with E-state index in [0.717, 1.165) is 16.3 Å². The zero-order chi connectivity index (χ0) is 20.0. The van der Waals surface area contributed by atoms with Gasteiger partial charge in [-0.05, 0) is 25.0 Å². The van der Waals surface area contributed by atoms with Gasteiger partial charge in [0.2, 0.25) is 15.9 Å². The molecule has 1 aromatic carbocycles. The molecule has 1 N–H and O–H groups in total. The number of carbonyl (C=O) groups excluding carboxylic acids is 1. The fourth-order valence-electron chi connectivity index (χ4n) is 2.92. The highest BCUT2D eigenvalue weighted by atomic mass is 35.5. The van der Waals surface area contributed by atoms with Crippen LogP contribution < -0.4 is 9.62 Å². The topological polar surface area (TPSA) is 66.5 Å². The summed E-state index contributed by atoms with van der Waals surface area (Å²) in [4.78, 5) is 12.3. The summed E-state index contributed by atoms with van der Waals surface area (Å²) in [6, 6.07) is 2.71. The van der Waals surface area contributed by atoms with Gasteiger partial charge < -0.3 is 5.32 Å². The van der Waals surface area contributed by atoms with E-state index in [0.29, 0.717) is 11.8 Å².